The molecule has 1 atom stereocenters. The van der Waals surface area contributed by atoms with E-state index < -0.39 is 0 Å². The van der Waals surface area contributed by atoms with Gasteiger partial charge in [0.2, 0.25) is 11.8 Å². The molecule has 0 fully saturated rings. The van der Waals surface area contributed by atoms with Crippen molar-refractivity contribution in [2.24, 2.45) is 11.7 Å². The molecule has 1 aromatic heterocycles. The number of nitrogens with two attached hydrogens (primary N) is 1. The molecule has 0 aliphatic rings. The summed E-state index contributed by atoms with van der Waals surface area (Å²) in [4.78, 5) is 27.3. The molecular formula is C12H22Cl2N4O2S. The highest BCUT2D eigenvalue weighted by molar-refractivity contribution is 7.13. The molecule has 122 valence electrons. The Balaban J connectivity index is 0. The van der Waals surface area contributed by atoms with Gasteiger partial charge in [-0.05, 0) is 6.92 Å². The fraction of sp³-hybridized carbons (Fsp3) is 0.583. The van der Waals surface area contributed by atoms with E-state index in [4.69, 9.17) is 5.73 Å². The molecule has 0 aliphatic heterocycles. The molecule has 9 heteroatoms. The van der Waals surface area contributed by atoms with E-state index in [1.54, 1.807) is 5.38 Å². The maximum atomic E-state index is 11.6. The standard InChI is InChI=1S/C12H20N4O2S.2ClH/c1-7(2)11(18)16-12-15-9(6-19-12)4-10(17)14-8(3)5-13;;/h6-8H,4-5,13H2,1-3H3,(H,14,17)(H,15,16,18);2*1H/t8-;;/m0../s1. The summed E-state index contributed by atoms with van der Waals surface area (Å²) in [5.41, 5.74) is 6.07. The third kappa shape index (κ3) is 8.21. The van der Waals surface area contributed by atoms with E-state index in [0.717, 1.165) is 0 Å². The lowest BCUT2D eigenvalue weighted by molar-refractivity contribution is -0.121. The monoisotopic (exact) mass is 356 g/mol. The van der Waals surface area contributed by atoms with E-state index in [1.807, 2.05) is 20.8 Å². The minimum absolute atomic E-state index is 0. The lowest BCUT2D eigenvalue weighted by Crippen LogP contribution is -2.38. The molecule has 0 saturated heterocycles. The number of halogens is 2. The van der Waals surface area contributed by atoms with Gasteiger partial charge < -0.3 is 16.4 Å². The van der Waals surface area contributed by atoms with E-state index >= 15 is 0 Å². The zero-order chi connectivity index (χ0) is 14.4. The maximum Gasteiger partial charge on any atom is 0.228 e. The van der Waals surface area contributed by atoms with Gasteiger partial charge in [0, 0.05) is 23.9 Å². The van der Waals surface area contributed by atoms with Gasteiger partial charge in [0.15, 0.2) is 5.13 Å². The van der Waals surface area contributed by atoms with Gasteiger partial charge in [-0.15, -0.1) is 36.2 Å². The van der Waals surface area contributed by atoms with E-state index in [2.05, 4.69) is 15.6 Å². The minimum Gasteiger partial charge on any atom is -0.352 e. The van der Waals surface area contributed by atoms with Crippen molar-refractivity contribution >= 4 is 53.1 Å². The summed E-state index contributed by atoms with van der Waals surface area (Å²) in [6.07, 6.45) is 0.193. The summed E-state index contributed by atoms with van der Waals surface area (Å²) < 4.78 is 0. The van der Waals surface area contributed by atoms with Crippen LogP contribution in [0.3, 0.4) is 0 Å². The quantitative estimate of drug-likeness (QED) is 0.720. The summed E-state index contributed by atoms with van der Waals surface area (Å²) >= 11 is 1.31. The third-order valence-electron chi connectivity index (χ3n) is 2.41. The number of carbonyl (C=O) groups is 2. The Morgan fingerprint density at radius 1 is 1.33 bits per heavy atom. The number of anilines is 1. The summed E-state index contributed by atoms with van der Waals surface area (Å²) in [6, 6.07) is -0.0498. The number of aromatic nitrogens is 1. The molecule has 0 bridgehead atoms. The molecular weight excluding hydrogens is 335 g/mol. The third-order valence-corrected chi connectivity index (χ3v) is 3.22. The molecule has 0 saturated carbocycles. The van der Waals surface area contributed by atoms with Crippen LogP contribution in [0.2, 0.25) is 0 Å². The molecule has 21 heavy (non-hydrogen) atoms. The first-order chi connectivity index (χ1) is 8.92. The maximum absolute atomic E-state index is 11.6. The van der Waals surface area contributed by atoms with Crippen LogP contribution in [-0.4, -0.2) is 29.4 Å². The highest BCUT2D eigenvalue weighted by Gasteiger charge is 2.12. The Kier molecular flexibility index (Phi) is 11.5. The lowest BCUT2D eigenvalue weighted by atomic mass is 10.2. The number of thiazole rings is 1. The van der Waals surface area contributed by atoms with Gasteiger partial charge in [0.25, 0.3) is 0 Å². The Labute approximate surface area is 141 Å². The second-order valence-electron chi connectivity index (χ2n) is 4.67. The first kappa shape index (κ1) is 22.4. The number of nitrogens with one attached hydrogen (secondary N) is 2. The van der Waals surface area contributed by atoms with Crippen LogP contribution in [0.4, 0.5) is 5.13 Å². The predicted octanol–water partition coefficient (Wildman–Crippen LogP) is 1.59. The van der Waals surface area contributed by atoms with Crippen molar-refractivity contribution in [1.82, 2.24) is 10.3 Å². The van der Waals surface area contributed by atoms with Crippen LogP contribution in [0.1, 0.15) is 26.5 Å². The number of rotatable bonds is 6. The molecule has 4 N–H and O–H groups in total. The largest absolute Gasteiger partial charge is 0.352 e. The van der Waals surface area contributed by atoms with Gasteiger partial charge in [-0.25, -0.2) is 4.98 Å². The molecule has 6 nitrogen and oxygen atoms in total. The molecule has 0 aliphatic carbocycles. The molecule has 0 spiro atoms. The van der Waals surface area contributed by atoms with Crippen LogP contribution >= 0.6 is 36.2 Å². The summed E-state index contributed by atoms with van der Waals surface area (Å²) in [5.74, 6) is -0.298. The normalized spacial score (nSPS) is 11.1. The topological polar surface area (TPSA) is 97.1 Å². The van der Waals surface area contributed by atoms with Crippen molar-refractivity contribution in [2.75, 3.05) is 11.9 Å². The molecule has 1 heterocycles. The van der Waals surface area contributed by atoms with Crippen LogP contribution in [0.25, 0.3) is 0 Å². The van der Waals surface area contributed by atoms with Crippen LogP contribution in [0.5, 0.6) is 0 Å². The summed E-state index contributed by atoms with van der Waals surface area (Å²) in [5, 5.41) is 7.75. The van der Waals surface area contributed by atoms with Gasteiger partial charge in [0.05, 0.1) is 12.1 Å². The molecule has 1 rings (SSSR count). The Hall–Kier alpha value is -0.890. The average Bonchev–Trinajstić information content (AvgIpc) is 2.75. The molecule has 0 aromatic carbocycles. The predicted molar refractivity (Wildman–Crippen MR) is 90.4 cm³/mol. The van der Waals surface area contributed by atoms with Crippen molar-refractivity contribution in [3.8, 4) is 0 Å². The van der Waals surface area contributed by atoms with Crippen molar-refractivity contribution in [3.05, 3.63) is 11.1 Å². The van der Waals surface area contributed by atoms with E-state index in [-0.39, 0.29) is 55.0 Å². The van der Waals surface area contributed by atoms with Gasteiger partial charge in [0.1, 0.15) is 0 Å². The summed E-state index contributed by atoms with van der Waals surface area (Å²) in [7, 11) is 0. The number of carbonyl (C=O) groups excluding carboxylic acids is 2. The number of hydrogen-bond donors (Lipinski definition) is 3. The van der Waals surface area contributed by atoms with Gasteiger partial charge in [-0.2, -0.15) is 0 Å². The zero-order valence-electron chi connectivity index (χ0n) is 12.2. The minimum atomic E-state index is -0.120. The van der Waals surface area contributed by atoms with Gasteiger partial charge in [-0.1, -0.05) is 13.8 Å². The first-order valence-corrected chi connectivity index (χ1v) is 7.05. The summed E-state index contributed by atoms with van der Waals surface area (Å²) in [6.45, 7) is 5.86. The highest BCUT2D eigenvalue weighted by Crippen LogP contribution is 2.16. The van der Waals surface area contributed by atoms with Crippen LogP contribution < -0.4 is 16.4 Å². The number of nitrogens with zero attached hydrogens (tertiary/aromatic N) is 1. The Morgan fingerprint density at radius 3 is 2.48 bits per heavy atom. The van der Waals surface area contributed by atoms with Crippen LogP contribution in [-0.2, 0) is 16.0 Å². The van der Waals surface area contributed by atoms with Gasteiger partial charge >= 0.3 is 0 Å². The second-order valence-corrected chi connectivity index (χ2v) is 5.53. The lowest BCUT2D eigenvalue weighted by Gasteiger charge is -2.10. The van der Waals surface area contributed by atoms with E-state index in [9.17, 15) is 9.59 Å². The molecule has 0 unspecified atom stereocenters. The van der Waals surface area contributed by atoms with Crippen molar-refractivity contribution < 1.29 is 9.59 Å². The fourth-order valence-electron chi connectivity index (χ4n) is 1.24. The first-order valence-electron chi connectivity index (χ1n) is 6.17. The van der Waals surface area contributed by atoms with E-state index in [1.165, 1.54) is 11.3 Å². The van der Waals surface area contributed by atoms with Crippen LogP contribution in [0.15, 0.2) is 5.38 Å². The van der Waals surface area contributed by atoms with Gasteiger partial charge in [-0.3, -0.25) is 9.59 Å². The fourth-order valence-corrected chi connectivity index (χ4v) is 1.96. The number of amides is 2. The van der Waals surface area contributed by atoms with Crippen molar-refractivity contribution in [2.45, 2.75) is 33.2 Å². The smallest absolute Gasteiger partial charge is 0.228 e. The Morgan fingerprint density at radius 2 is 1.95 bits per heavy atom. The average molecular weight is 357 g/mol. The van der Waals surface area contributed by atoms with Crippen LogP contribution in [0, 0.1) is 5.92 Å². The molecule has 2 amide bonds. The second kappa shape index (κ2) is 10.8. The zero-order valence-corrected chi connectivity index (χ0v) is 14.7. The van der Waals surface area contributed by atoms with Crippen molar-refractivity contribution in [3.63, 3.8) is 0 Å². The highest BCUT2D eigenvalue weighted by atomic mass is 35.5. The van der Waals surface area contributed by atoms with E-state index in [0.29, 0.717) is 17.4 Å². The van der Waals surface area contributed by atoms with Crippen molar-refractivity contribution in [1.29, 1.82) is 0 Å². The molecule has 1 aromatic rings. The SMILES string of the molecule is CC(C)C(=O)Nc1nc(CC(=O)N[C@@H](C)CN)cs1.Cl.Cl. The number of hydrogen-bond acceptors (Lipinski definition) is 5. The molecule has 0 radical (unpaired) electrons. The Bertz CT molecular complexity index is 454.